The first-order valence-electron chi connectivity index (χ1n) is 5.74. The first kappa shape index (κ1) is 11.7. The third kappa shape index (κ3) is 2.47. The van der Waals surface area contributed by atoms with E-state index < -0.39 is 0 Å². The lowest BCUT2D eigenvalue weighted by Gasteiger charge is -2.03. The summed E-state index contributed by atoms with van der Waals surface area (Å²) in [6.45, 7) is 3.05. The summed E-state index contributed by atoms with van der Waals surface area (Å²) in [7, 11) is 0. The largest absolute Gasteiger partial charge is 0.361 e. The van der Waals surface area contributed by atoms with E-state index >= 15 is 0 Å². The molecule has 0 fully saturated rings. The van der Waals surface area contributed by atoms with E-state index in [0.717, 1.165) is 16.5 Å². The SMILES string of the molecule is Cc1cccc2[nH]cc(CC(=O)NCCN)c12. The lowest BCUT2D eigenvalue weighted by Crippen LogP contribution is -2.30. The molecule has 2 aromatic rings. The van der Waals surface area contributed by atoms with Crippen molar-refractivity contribution in [1.82, 2.24) is 10.3 Å². The number of carbonyl (C=O) groups is 1. The number of aromatic nitrogens is 1. The van der Waals surface area contributed by atoms with Crippen LogP contribution < -0.4 is 11.1 Å². The van der Waals surface area contributed by atoms with Crippen LogP contribution >= 0.6 is 0 Å². The number of nitrogens with one attached hydrogen (secondary N) is 2. The second-order valence-electron chi connectivity index (χ2n) is 4.13. The number of aryl methyl sites for hydroxylation is 1. The Bertz CT molecular complexity index is 530. The summed E-state index contributed by atoms with van der Waals surface area (Å²) in [4.78, 5) is 14.8. The molecule has 0 bridgehead atoms. The summed E-state index contributed by atoms with van der Waals surface area (Å²) in [6.07, 6.45) is 2.30. The van der Waals surface area contributed by atoms with Crippen molar-refractivity contribution in [3.8, 4) is 0 Å². The van der Waals surface area contributed by atoms with Crippen LogP contribution in [0.1, 0.15) is 11.1 Å². The van der Waals surface area contributed by atoms with Gasteiger partial charge in [-0.15, -0.1) is 0 Å². The normalized spacial score (nSPS) is 10.7. The molecular weight excluding hydrogens is 214 g/mol. The summed E-state index contributed by atoms with van der Waals surface area (Å²) in [6, 6.07) is 6.08. The number of hydrogen-bond acceptors (Lipinski definition) is 2. The van der Waals surface area contributed by atoms with Gasteiger partial charge in [0.05, 0.1) is 6.42 Å². The molecule has 0 atom stereocenters. The predicted molar refractivity (Wildman–Crippen MR) is 68.8 cm³/mol. The van der Waals surface area contributed by atoms with Gasteiger partial charge in [-0.1, -0.05) is 12.1 Å². The molecule has 0 unspecified atom stereocenters. The summed E-state index contributed by atoms with van der Waals surface area (Å²) in [5.41, 5.74) is 8.64. The molecule has 90 valence electrons. The fourth-order valence-electron chi connectivity index (χ4n) is 2.04. The Kier molecular flexibility index (Phi) is 3.44. The second kappa shape index (κ2) is 5.01. The van der Waals surface area contributed by atoms with Gasteiger partial charge in [0.25, 0.3) is 0 Å². The molecule has 17 heavy (non-hydrogen) atoms. The zero-order valence-corrected chi connectivity index (χ0v) is 9.92. The molecule has 0 aliphatic rings. The van der Waals surface area contributed by atoms with Gasteiger partial charge in [0, 0.05) is 30.2 Å². The quantitative estimate of drug-likeness (QED) is 0.737. The van der Waals surface area contributed by atoms with Crippen molar-refractivity contribution in [1.29, 1.82) is 0 Å². The predicted octanol–water partition coefficient (Wildman–Crippen LogP) is 1.09. The third-order valence-corrected chi connectivity index (χ3v) is 2.81. The van der Waals surface area contributed by atoms with Gasteiger partial charge in [-0.05, 0) is 24.1 Å². The molecule has 1 aromatic heterocycles. The lowest BCUT2D eigenvalue weighted by atomic mass is 10.1. The van der Waals surface area contributed by atoms with Crippen molar-refractivity contribution < 1.29 is 4.79 Å². The highest BCUT2D eigenvalue weighted by Gasteiger charge is 2.09. The number of benzene rings is 1. The van der Waals surface area contributed by atoms with Gasteiger partial charge in [0.2, 0.25) is 5.91 Å². The van der Waals surface area contributed by atoms with Gasteiger partial charge in [0.1, 0.15) is 0 Å². The van der Waals surface area contributed by atoms with E-state index in [4.69, 9.17) is 5.73 Å². The van der Waals surface area contributed by atoms with E-state index in [-0.39, 0.29) is 5.91 Å². The van der Waals surface area contributed by atoms with Crippen LogP contribution in [-0.4, -0.2) is 24.0 Å². The van der Waals surface area contributed by atoms with Crippen molar-refractivity contribution in [3.05, 3.63) is 35.5 Å². The van der Waals surface area contributed by atoms with Crippen molar-refractivity contribution in [2.75, 3.05) is 13.1 Å². The molecule has 0 saturated heterocycles. The second-order valence-corrected chi connectivity index (χ2v) is 4.13. The van der Waals surface area contributed by atoms with Crippen molar-refractivity contribution in [2.24, 2.45) is 5.73 Å². The third-order valence-electron chi connectivity index (χ3n) is 2.81. The molecule has 0 aliphatic carbocycles. The van der Waals surface area contributed by atoms with Crippen molar-refractivity contribution >= 4 is 16.8 Å². The van der Waals surface area contributed by atoms with Crippen molar-refractivity contribution in [2.45, 2.75) is 13.3 Å². The van der Waals surface area contributed by atoms with Gasteiger partial charge < -0.3 is 16.0 Å². The molecule has 2 rings (SSSR count). The lowest BCUT2D eigenvalue weighted by molar-refractivity contribution is -0.120. The monoisotopic (exact) mass is 231 g/mol. The minimum absolute atomic E-state index is 0.0135. The standard InChI is InChI=1S/C13H17N3O/c1-9-3-2-4-11-13(9)10(8-16-11)7-12(17)15-6-5-14/h2-4,8,16H,5-7,14H2,1H3,(H,15,17). The molecule has 0 radical (unpaired) electrons. The Balaban J connectivity index is 2.22. The van der Waals surface area contributed by atoms with E-state index in [0.29, 0.717) is 19.5 Å². The Hall–Kier alpha value is -1.81. The highest BCUT2D eigenvalue weighted by Crippen LogP contribution is 2.22. The minimum atomic E-state index is 0.0135. The smallest absolute Gasteiger partial charge is 0.224 e. The van der Waals surface area contributed by atoms with E-state index in [1.165, 1.54) is 5.56 Å². The molecule has 0 saturated carbocycles. The highest BCUT2D eigenvalue weighted by molar-refractivity contribution is 5.90. The van der Waals surface area contributed by atoms with Crippen molar-refractivity contribution in [3.63, 3.8) is 0 Å². The average molecular weight is 231 g/mol. The molecule has 4 nitrogen and oxygen atoms in total. The van der Waals surface area contributed by atoms with E-state index in [2.05, 4.69) is 23.3 Å². The zero-order chi connectivity index (χ0) is 12.3. The van der Waals surface area contributed by atoms with Crippen LogP contribution in [0.25, 0.3) is 10.9 Å². The van der Waals surface area contributed by atoms with Crippen LogP contribution in [0.15, 0.2) is 24.4 Å². The van der Waals surface area contributed by atoms with Gasteiger partial charge in [-0.3, -0.25) is 4.79 Å². The molecule has 4 heteroatoms. The maximum atomic E-state index is 11.6. The molecule has 0 spiro atoms. The summed E-state index contributed by atoms with van der Waals surface area (Å²) in [5, 5.41) is 3.93. The van der Waals surface area contributed by atoms with Crippen LogP contribution in [0.5, 0.6) is 0 Å². The van der Waals surface area contributed by atoms with Crippen LogP contribution in [0.2, 0.25) is 0 Å². The Morgan fingerprint density at radius 2 is 2.29 bits per heavy atom. The number of amides is 1. The molecule has 0 aliphatic heterocycles. The molecule has 1 aromatic carbocycles. The number of hydrogen-bond donors (Lipinski definition) is 3. The van der Waals surface area contributed by atoms with Crippen LogP contribution in [0.3, 0.4) is 0 Å². The number of fused-ring (bicyclic) bond motifs is 1. The van der Waals surface area contributed by atoms with E-state index in [1.807, 2.05) is 18.3 Å². The minimum Gasteiger partial charge on any atom is -0.361 e. The first-order valence-corrected chi connectivity index (χ1v) is 5.74. The molecule has 4 N–H and O–H groups in total. The summed E-state index contributed by atoms with van der Waals surface area (Å²) >= 11 is 0. The van der Waals surface area contributed by atoms with Gasteiger partial charge in [-0.25, -0.2) is 0 Å². The van der Waals surface area contributed by atoms with Gasteiger partial charge in [0.15, 0.2) is 0 Å². The maximum Gasteiger partial charge on any atom is 0.224 e. The fourth-order valence-corrected chi connectivity index (χ4v) is 2.04. The molecule has 1 amide bonds. The first-order chi connectivity index (χ1) is 8.22. The Morgan fingerprint density at radius 1 is 1.47 bits per heavy atom. The Morgan fingerprint density at radius 3 is 3.06 bits per heavy atom. The molecule has 1 heterocycles. The number of H-pyrrole nitrogens is 1. The van der Waals surface area contributed by atoms with E-state index in [1.54, 1.807) is 0 Å². The highest BCUT2D eigenvalue weighted by atomic mass is 16.1. The maximum absolute atomic E-state index is 11.6. The number of nitrogens with two attached hydrogens (primary N) is 1. The summed E-state index contributed by atoms with van der Waals surface area (Å²) in [5.74, 6) is 0.0135. The van der Waals surface area contributed by atoms with E-state index in [9.17, 15) is 4.79 Å². The zero-order valence-electron chi connectivity index (χ0n) is 9.92. The Labute approximate surface area is 100 Å². The van der Waals surface area contributed by atoms with Crippen LogP contribution in [0.4, 0.5) is 0 Å². The number of carbonyl (C=O) groups excluding carboxylic acids is 1. The fraction of sp³-hybridized carbons (Fsp3) is 0.308. The van der Waals surface area contributed by atoms with Crippen LogP contribution in [0, 0.1) is 6.92 Å². The topological polar surface area (TPSA) is 70.9 Å². The average Bonchev–Trinajstić information content (AvgIpc) is 2.71. The summed E-state index contributed by atoms with van der Waals surface area (Å²) < 4.78 is 0. The van der Waals surface area contributed by atoms with Gasteiger partial charge >= 0.3 is 0 Å². The number of rotatable bonds is 4. The molecular formula is C13H17N3O. The van der Waals surface area contributed by atoms with Crippen LogP contribution in [-0.2, 0) is 11.2 Å². The number of aromatic amines is 1. The van der Waals surface area contributed by atoms with Gasteiger partial charge in [-0.2, -0.15) is 0 Å².